The zero-order valence-electron chi connectivity index (χ0n) is 14.3. The summed E-state index contributed by atoms with van der Waals surface area (Å²) < 4.78 is 0. The van der Waals surface area contributed by atoms with Gasteiger partial charge in [0.05, 0.1) is 18.2 Å². The molecule has 1 saturated heterocycles. The highest BCUT2D eigenvalue weighted by atomic mass is 16.2. The van der Waals surface area contributed by atoms with Gasteiger partial charge in [0.2, 0.25) is 5.91 Å². The smallest absolute Gasteiger partial charge is 0.292 e. The molecule has 1 aliphatic heterocycles. The van der Waals surface area contributed by atoms with E-state index in [1.54, 1.807) is 0 Å². The van der Waals surface area contributed by atoms with Crippen LogP contribution in [0.2, 0.25) is 0 Å². The molecule has 124 valence electrons. The Kier molecular flexibility index (Phi) is 4.53. The van der Waals surface area contributed by atoms with Crippen molar-refractivity contribution in [1.29, 1.82) is 0 Å². The lowest BCUT2D eigenvalue weighted by Gasteiger charge is -2.33. The number of hydrogen-bond acceptors (Lipinski definition) is 2. The normalized spacial score (nSPS) is 31.7. The molecule has 4 atom stereocenters. The standard InChI is InChI=1S/C19H26N2O2/c1-12-7-9-15(10-8-12)21-18(22)11-17(19(21)23)20-16-6-4-5-13(2)14(16)3/h7-10,13-14,16-17,20H,4-6,11H2,1-3H3/p+1/t13-,14-,16-,17-/m0/s1. The fourth-order valence-electron chi connectivity index (χ4n) is 3.96. The van der Waals surface area contributed by atoms with E-state index in [0.717, 1.165) is 12.0 Å². The minimum atomic E-state index is -0.249. The summed E-state index contributed by atoms with van der Waals surface area (Å²) >= 11 is 0. The summed E-state index contributed by atoms with van der Waals surface area (Å²) in [5, 5.41) is 2.18. The summed E-state index contributed by atoms with van der Waals surface area (Å²) in [4.78, 5) is 26.5. The van der Waals surface area contributed by atoms with E-state index >= 15 is 0 Å². The average molecular weight is 315 g/mol. The Morgan fingerprint density at radius 3 is 2.48 bits per heavy atom. The lowest BCUT2D eigenvalue weighted by Crippen LogP contribution is -2.97. The molecule has 2 aliphatic rings. The summed E-state index contributed by atoms with van der Waals surface area (Å²) in [6, 6.07) is 7.81. The van der Waals surface area contributed by atoms with Crippen molar-refractivity contribution in [2.24, 2.45) is 11.8 Å². The Bertz CT molecular complexity index is 596. The maximum atomic E-state index is 12.7. The van der Waals surface area contributed by atoms with Crippen molar-refractivity contribution >= 4 is 17.5 Å². The topological polar surface area (TPSA) is 54.0 Å². The zero-order chi connectivity index (χ0) is 16.6. The minimum absolute atomic E-state index is 0.0516. The van der Waals surface area contributed by atoms with Crippen molar-refractivity contribution in [3.63, 3.8) is 0 Å². The van der Waals surface area contributed by atoms with Gasteiger partial charge in [-0.2, -0.15) is 0 Å². The highest BCUT2D eigenvalue weighted by Crippen LogP contribution is 2.28. The average Bonchev–Trinajstić information content (AvgIpc) is 2.79. The Morgan fingerprint density at radius 1 is 1.09 bits per heavy atom. The first kappa shape index (κ1) is 16.2. The molecule has 4 nitrogen and oxygen atoms in total. The number of imide groups is 1. The van der Waals surface area contributed by atoms with Gasteiger partial charge in [-0.15, -0.1) is 0 Å². The zero-order valence-corrected chi connectivity index (χ0v) is 14.3. The number of carbonyl (C=O) groups is 2. The van der Waals surface area contributed by atoms with Crippen LogP contribution < -0.4 is 10.2 Å². The van der Waals surface area contributed by atoms with Gasteiger partial charge in [0, 0.05) is 5.92 Å². The molecule has 0 spiro atoms. The number of hydrogen-bond donors (Lipinski definition) is 1. The van der Waals surface area contributed by atoms with E-state index in [-0.39, 0.29) is 17.9 Å². The molecule has 0 aromatic heterocycles. The van der Waals surface area contributed by atoms with Crippen LogP contribution in [0.1, 0.15) is 45.1 Å². The molecule has 2 N–H and O–H groups in total. The lowest BCUT2D eigenvalue weighted by molar-refractivity contribution is -0.716. The van der Waals surface area contributed by atoms with E-state index in [1.807, 2.05) is 31.2 Å². The van der Waals surface area contributed by atoms with Gasteiger partial charge in [-0.3, -0.25) is 9.59 Å². The van der Waals surface area contributed by atoms with Crippen molar-refractivity contribution < 1.29 is 14.9 Å². The molecule has 2 amide bonds. The van der Waals surface area contributed by atoms with E-state index in [9.17, 15) is 9.59 Å². The molecule has 0 bridgehead atoms. The maximum absolute atomic E-state index is 12.7. The van der Waals surface area contributed by atoms with Gasteiger partial charge in [0.25, 0.3) is 5.91 Å². The molecule has 1 aromatic rings. The van der Waals surface area contributed by atoms with Crippen LogP contribution in [0.4, 0.5) is 5.69 Å². The third-order valence-electron chi connectivity index (χ3n) is 5.72. The van der Waals surface area contributed by atoms with Crippen molar-refractivity contribution in [3.8, 4) is 0 Å². The third kappa shape index (κ3) is 3.18. The van der Waals surface area contributed by atoms with Gasteiger partial charge in [-0.25, -0.2) is 4.90 Å². The van der Waals surface area contributed by atoms with Gasteiger partial charge in [-0.05, 0) is 44.2 Å². The fraction of sp³-hybridized carbons (Fsp3) is 0.579. The van der Waals surface area contributed by atoms with Crippen molar-refractivity contribution in [3.05, 3.63) is 29.8 Å². The first-order chi connectivity index (χ1) is 11.0. The molecule has 4 heteroatoms. The molecule has 0 radical (unpaired) electrons. The summed E-state index contributed by atoms with van der Waals surface area (Å²) in [5.41, 5.74) is 1.83. The molecule has 1 aromatic carbocycles. The molecular formula is C19H27N2O2+. The van der Waals surface area contributed by atoms with Gasteiger partial charge < -0.3 is 5.32 Å². The number of benzene rings is 1. The van der Waals surface area contributed by atoms with Crippen LogP contribution in [0.25, 0.3) is 0 Å². The van der Waals surface area contributed by atoms with Crippen molar-refractivity contribution in [2.45, 2.75) is 58.5 Å². The number of nitrogens with zero attached hydrogens (tertiary/aromatic N) is 1. The maximum Gasteiger partial charge on any atom is 0.292 e. The van der Waals surface area contributed by atoms with Gasteiger partial charge in [0.15, 0.2) is 6.04 Å². The quantitative estimate of drug-likeness (QED) is 0.868. The Labute approximate surface area is 138 Å². The van der Waals surface area contributed by atoms with Crippen LogP contribution in [0.5, 0.6) is 0 Å². The minimum Gasteiger partial charge on any atom is -0.333 e. The first-order valence-corrected chi connectivity index (χ1v) is 8.76. The molecule has 1 heterocycles. The number of rotatable bonds is 3. The monoisotopic (exact) mass is 315 g/mol. The number of aryl methyl sites for hydroxylation is 1. The number of quaternary nitrogens is 1. The van der Waals surface area contributed by atoms with Gasteiger partial charge in [-0.1, -0.05) is 31.5 Å². The lowest BCUT2D eigenvalue weighted by atomic mass is 9.78. The molecule has 3 rings (SSSR count). The molecule has 1 saturated carbocycles. The van der Waals surface area contributed by atoms with E-state index in [0.29, 0.717) is 30.0 Å². The van der Waals surface area contributed by atoms with Gasteiger partial charge in [0.1, 0.15) is 0 Å². The highest BCUT2D eigenvalue weighted by Gasteiger charge is 2.44. The Balaban J connectivity index is 1.72. The van der Waals surface area contributed by atoms with Crippen LogP contribution in [-0.2, 0) is 9.59 Å². The summed E-state index contributed by atoms with van der Waals surface area (Å²) in [6.45, 7) is 6.58. The fourth-order valence-corrected chi connectivity index (χ4v) is 3.96. The Hall–Kier alpha value is -1.68. The Morgan fingerprint density at radius 2 is 1.78 bits per heavy atom. The molecule has 1 aliphatic carbocycles. The van der Waals surface area contributed by atoms with E-state index in [1.165, 1.54) is 17.7 Å². The number of anilines is 1. The van der Waals surface area contributed by atoms with Gasteiger partial charge >= 0.3 is 0 Å². The molecular weight excluding hydrogens is 288 g/mol. The molecule has 2 fully saturated rings. The summed E-state index contributed by atoms with van der Waals surface area (Å²) in [7, 11) is 0. The highest BCUT2D eigenvalue weighted by molar-refractivity contribution is 6.21. The van der Waals surface area contributed by atoms with Crippen LogP contribution in [0, 0.1) is 18.8 Å². The largest absolute Gasteiger partial charge is 0.333 e. The first-order valence-electron chi connectivity index (χ1n) is 8.76. The molecule has 0 unspecified atom stereocenters. The summed E-state index contributed by atoms with van der Waals surface area (Å²) in [6.07, 6.45) is 3.97. The number of nitrogens with two attached hydrogens (primary N) is 1. The van der Waals surface area contributed by atoms with Crippen LogP contribution in [-0.4, -0.2) is 23.9 Å². The second-order valence-corrected chi connectivity index (χ2v) is 7.34. The third-order valence-corrected chi connectivity index (χ3v) is 5.72. The van der Waals surface area contributed by atoms with E-state index in [2.05, 4.69) is 19.2 Å². The predicted molar refractivity (Wildman–Crippen MR) is 90.0 cm³/mol. The number of amides is 2. The van der Waals surface area contributed by atoms with E-state index in [4.69, 9.17) is 0 Å². The van der Waals surface area contributed by atoms with Crippen LogP contribution in [0.3, 0.4) is 0 Å². The second kappa shape index (κ2) is 6.44. The molecule has 23 heavy (non-hydrogen) atoms. The van der Waals surface area contributed by atoms with E-state index < -0.39 is 0 Å². The van der Waals surface area contributed by atoms with Crippen molar-refractivity contribution in [1.82, 2.24) is 0 Å². The SMILES string of the molecule is Cc1ccc(N2C(=O)C[C@H]([NH2+][C@H]3CCC[C@H](C)[C@@H]3C)C2=O)cc1. The predicted octanol–water partition coefficient (Wildman–Crippen LogP) is 2.02. The number of carbonyl (C=O) groups excluding carboxylic acids is 2. The second-order valence-electron chi connectivity index (χ2n) is 7.34. The van der Waals surface area contributed by atoms with Crippen LogP contribution >= 0.6 is 0 Å². The van der Waals surface area contributed by atoms with Crippen molar-refractivity contribution in [2.75, 3.05) is 4.90 Å². The van der Waals surface area contributed by atoms with Crippen LogP contribution in [0.15, 0.2) is 24.3 Å². The summed E-state index contributed by atoms with van der Waals surface area (Å²) in [5.74, 6) is 1.17.